The molecule has 0 saturated carbocycles. The number of carbonyl (C=O) groups excluding carboxylic acids is 1. The third-order valence-corrected chi connectivity index (χ3v) is 3.68. The summed E-state index contributed by atoms with van der Waals surface area (Å²) in [6, 6.07) is 15.0. The van der Waals surface area contributed by atoms with E-state index in [2.05, 4.69) is 34.8 Å². The Balaban J connectivity index is 2.01. The SMILES string of the molecule is CCCCOc1cccc(C(=O)Nc2ccc(I)cc2)c1. The lowest BCUT2D eigenvalue weighted by Crippen LogP contribution is -2.12. The van der Waals surface area contributed by atoms with Gasteiger partial charge in [-0.05, 0) is 71.5 Å². The van der Waals surface area contributed by atoms with E-state index in [9.17, 15) is 4.79 Å². The van der Waals surface area contributed by atoms with Crippen LogP contribution in [0.1, 0.15) is 30.1 Å². The molecule has 0 fully saturated rings. The lowest BCUT2D eigenvalue weighted by Gasteiger charge is -2.08. The van der Waals surface area contributed by atoms with Crippen LogP contribution in [0, 0.1) is 3.57 Å². The summed E-state index contributed by atoms with van der Waals surface area (Å²) in [5.74, 6) is 0.607. The quantitative estimate of drug-likeness (QED) is 0.568. The van der Waals surface area contributed by atoms with E-state index in [0.29, 0.717) is 12.2 Å². The third kappa shape index (κ3) is 5.04. The first-order chi connectivity index (χ1) is 10.2. The van der Waals surface area contributed by atoms with Gasteiger partial charge >= 0.3 is 0 Å². The molecule has 3 nitrogen and oxygen atoms in total. The number of benzene rings is 2. The van der Waals surface area contributed by atoms with Gasteiger partial charge in [0.05, 0.1) is 6.61 Å². The van der Waals surface area contributed by atoms with Gasteiger partial charge in [-0.3, -0.25) is 4.79 Å². The van der Waals surface area contributed by atoms with E-state index in [1.807, 2.05) is 36.4 Å². The van der Waals surface area contributed by atoms with Gasteiger partial charge in [0, 0.05) is 14.8 Å². The summed E-state index contributed by atoms with van der Waals surface area (Å²) in [7, 11) is 0. The molecule has 0 unspecified atom stereocenters. The Morgan fingerprint density at radius 3 is 2.67 bits per heavy atom. The lowest BCUT2D eigenvalue weighted by molar-refractivity contribution is 0.102. The van der Waals surface area contributed by atoms with E-state index >= 15 is 0 Å². The van der Waals surface area contributed by atoms with Crippen LogP contribution in [0.3, 0.4) is 0 Å². The predicted molar refractivity (Wildman–Crippen MR) is 94.0 cm³/mol. The zero-order valence-electron chi connectivity index (χ0n) is 11.9. The second-order valence-electron chi connectivity index (χ2n) is 4.69. The Morgan fingerprint density at radius 2 is 1.95 bits per heavy atom. The number of halogens is 1. The monoisotopic (exact) mass is 395 g/mol. The molecular formula is C17H18INO2. The minimum absolute atomic E-state index is 0.128. The molecule has 1 N–H and O–H groups in total. The zero-order valence-corrected chi connectivity index (χ0v) is 14.1. The van der Waals surface area contributed by atoms with Crippen molar-refractivity contribution in [3.8, 4) is 5.75 Å². The fourth-order valence-electron chi connectivity index (χ4n) is 1.80. The van der Waals surface area contributed by atoms with Crippen LogP contribution in [0.2, 0.25) is 0 Å². The molecule has 0 saturated heterocycles. The molecular weight excluding hydrogens is 377 g/mol. The fraction of sp³-hybridized carbons (Fsp3) is 0.235. The van der Waals surface area contributed by atoms with Crippen LogP contribution in [0.5, 0.6) is 5.75 Å². The number of carbonyl (C=O) groups is 1. The maximum absolute atomic E-state index is 12.2. The predicted octanol–water partition coefficient (Wildman–Crippen LogP) is 4.72. The largest absolute Gasteiger partial charge is 0.494 e. The molecule has 0 heterocycles. The number of hydrogen-bond acceptors (Lipinski definition) is 2. The van der Waals surface area contributed by atoms with Crippen molar-refractivity contribution in [2.75, 3.05) is 11.9 Å². The van der Waals surface area contributed by atoms with Crippen LogP contribution in [0.25, 0.3) is 0 Å². The molecule has 0 aliphatic rings. The molecule has 0 bridgehead atoms. The molecule has 110 valence electrons. The van der Waals surface area contributed by atoms with Gasteiger partial charge in [-0.15, -0.1) is 0 Å². The third-order valence-electron chi connectivity index (χ3n) is 2.96. The molecule has 0 spiro atoms. The van der Waals surface area contributed by atoms with E-state index in [1.54, 1.807) is 12.1 Å². The first-order valence-corrected chi connectivity index (χ1v) is 8.06. The minimum Gasteiger partial charge on any atom is -0.494 e. The summed E-state index contributed by atoms with van der Waals surface area (Å²) in [6.07, 6.45) is 2.10. The Morgan fingerprint density at radius 1 is 1.19 bits per heavy atom. The highest BCUT2D eigenvalue weighted by Crippen LogP contribution is 2.16. The highest BCUT2D eigenvalue weighted by molar-refractivity contribution is 14.1. The first-order valence-electron chi connectivity index (χ1n) is 6.99. The minimum atomic E-state index is -0.128. The molecule has 0 aliphatic carbocycles. The van der Waals surface area contributed by atoms with Crippen LogP contribution in [0.15, 0.2) is 48.5 Å². The van der Waals surface area contributed by atoms with Gasteiger partial charge < -0.3 is 10.1 Å². The van der Waals surface area contributed by atoms with Crippen molar-refractivity contribution in [1.29, 1.82) is 0 Å². The molecule has 0 aromatic heterocycles. The van der Waals surface area contributed by atoms with E-state index in [1.165, 1.54) is 0 Å². The highest BCUT2D eigenvalue weighted by Gasteiger charge is 2.07. The van der Waals surface area contributed by atoms with Crippen LogP contribution >= 0.6 is 22.6 Å². The maximum atomic E-state index is 12.2. The van der Waals surface area contributed by atoms with Crippen LogP contribution < -0.4 is 10.1 Å². The van der Waals surface area contributed by atoms with Crippen molar-refractivity contribution in [2.24, 2.45) is 0 Å². The second-order valence-corrected chi connectivity index (χ2v) is 5.94. The van der Waals surface area contributed by atoms with Gasteiger partial charge in [-0.25, -0.2) is 0 Å². The average molecular weight is 395 g/mol. The van der Waals surface area contributed by atoms with E-state index in [0.717, 1.165) is 27.8 Å². The van der Waals surface area contributed by atoms with Crippen molar-refractivity contribution in [3.63, 3.8) is 0 Å². The molecule has 2 aromatic rings. The van der Waals surface area contributed by atoms with E-state index in [4.69, 9.17) is 4.74 Å². The molecule has 0 aliphatic heterocycles. The van der Waals surface area contributed by atoms with E-state index < -0.39 is 0 Å². The van der Waals surface area contributed by atoms with Crippen molar-refractivity contribution in [1.82, 2.24) is 0 Å². The molecule has 2 rings (SSSR count). The molecule has 21 heavy (non-hydrogen) atoms. The maximum Gasteiger partial charge on any atom is 0.255 e. The van der Waals surface area contributed by atoms with Crippen molar-refractivity contribution < 1.29 is 9.53 Å². The molecule has 1 amide bonds. The smallest absolute Gasteiger partial charge is 0.255 e. The van der Waals surface area contributed by atoms with Crippen LogP contribution in [0.4, 0.5) is 5.69 Å². The molecule has 0 radical (unpaired) electrons. The van der Waals surface area contributed by atoms with Gasteiger partial charge in [-0.2, -0.15) is 0 Å². The van der Waals surface area contributed by atoms with Crippen molar-refractivity contribution >= 4 is 34.2 Å². The second kappa shape index (κ2) is 8.02. The number of hydrogen-bond donors (Lipinski definition) is 1. The number of ether oxygens (including phenoxy) is 1. The van der Waals surface area contributed by atoms with Gasteiger partial charge in [0.15, 0.2) is 0 Å². The van der Waals surface area contributed by atoms with Crippen LogP contribution in [-0.2, 0) is 0 Å². The normalized spacial score (nSPS) is 10.2. The Bertz CT molecular complexity index is 596. The summed E-state index contributed by atoms with van der Waals surface area (Å²) in [5, 5.41) is 2.88. The van der Waals surface area contributed by atoms with Gasteiger partial charge in [0.1, 0.15) is 5.75 Å². The Labute approximate surface area is 138 Å². The Hall–Kier alpha value is -1.56. The highest BCUT2D eigenvalue weighted by atomic mass is 127. The Kier molecular flexibility index (Phi) is 6.04. The summed E-state index contributed by atoms with van der Waals surface area (Å²) in [5.41, 5.74) is 1.39. The fourth-order valence-corrected chi connectivity index (χ4v) is 2.16. The number of nitrogens with one attached hydrogen (secondary N) is 1. The molecule has 0 atom stereocenters. The number of unbranched alkanes of at least 4 members (excludes halogenated alkanes) is 1. The standard InChI is InChI=1S/C17H18INO2/c1-2-3-11-21-16-6-4-5-13(12-16)17(20)19-15-9-7-14(18)8-10-15/h4-10,12H,2-3,11H2,1H3,(H,19,20). The molecule has 2 aromatic carbocycles. The summed E-state index contributed by atoms with van der Waals surface area (Å²) < 4.78 is 6.76. The summed E-state index contributed by atoms with van der Waals surface area (Å²) in [6.45, 7) is 2.80. The average Bonchev–Trinajstić information content (AvgIpc) is 2.50. The zero-order chi connectivity index (χ0) is 15.1. The number of rotatable bonds is 6. The van der Waals surface area contributed by atoms with Gasteiger partial charge in [0.25, 0.3) is 5.91 Å². The van der Waals surface area contributed by atoms with Crippen molar-refractivity contribution in [3.05, 3.63) is 57.7 Å². The summed E-state index contributed by atoms with van der Waals surface area (Å²) in [4.78, 5) is 12.2. The van der Waals surface area contributed by atoms with Gasteiger partial charge in [-0.1, -0.05) is 19.4 Å². The van der Waals surface area contributed by atoms with E-state index in [-0.39, 0.29) is 5.91 Å². The number of anilines is 1. The molecule has 4 heteroatoms. The van der Waals surface area contributed by atoms with Crippen LogP contribution in [-0.4, -0.2) is 12.5 Å². The van der Waals surface area contributed by atoms with Gasteiger partial charge in [0.2, 0.25) is 0 Å². The number of amides is 1. The first kappa shape index (κ1) is 15.8. The topological polar surface area (TPSA) is 38.3 Å². The van der Waals surface area contributed by atoms with Crippen molar-refractivity contribution in [2.45, 2.75) is 19.8 Å². The summed E-state index contributed by atoms with van der Waals surface area (Å²) >= 11 is 2.23. The lowest BCUT2D eigenvalue weighted by atomic mass is 10.2.